The highest BCUT2D eigenvalue weighted by atomic mass is 16.2. The Morgan fingerprint density at radius 3 is 2.73 bits per heavy atom. The number of hydrogen-bond donors (Lipinski definition) is 2. The lowest BCUT2D eigenvalue weighted by Gasteiger charge is -2.22. The molecule has 0 radical (unpaired) electrons. The monoisotopic (exact) mass is 355 g/mol. The number of aryl methyl sites for hydroxylation is 2. The smallest absolute Gasteiger partial charge is 0.319 e. The van der Waals surface area contributed by atoms with Gasteiger partial charge in [-0.15, -0.1) is 0 Å². The second-order valence-corrected chi connectivity index (χ2v) is 6.80. The third-order valence-corrected chi connectivity index (χ3v) is 4.43. The lowest BCUT2D eigenvalue weighted by molar-refractivity contribution is -0.127. The molecule has 0 bridgehead atoms. The normalized spacial score (nSPS) is 15.2. The van der Waals surface area contributed by atoms with Crippen LogP contribution in [0.5, 0.6) is 0 Å². The number of rotatable bonds is 5. The Hall–Kier alpha value is -2.83. The van der Waals surface area contributed by atoms with Crippen LogP contribution in [0.4, 0.5) is 10.5 Å². The highest BCUT2D eigenvalue weighted by Gasteiger charge is 2.22. The Labute approximate surface area is 153 Å². The number of benzene rings is 1. The maximum absolute atomic E-state index is 12.4. The van der Waals surface area contributed by atoms with Gasteiger partial charge in [0, 0.05) is 31.2 Å². The van der Waals surface area contributed by atoms with Crippen molar-refractivity contribution in [2.45, 2.75) is 39.7 Å². The van der Waals surface area contributed by atoms with Crippen LogP contribution in [-0.2, 0) is 4.79 Å². The van der Waals surface area contributed by atoms with Gasteiger partial charge in [-0.1, -0.05) is 12.1 Å². The molecule has 0 aliphatic carbocycles. The van der Waals surface area contributed by atoms with E-state index in [2.05, 4.69) is 15.7 Å². The minimum Gasteiger partial charge on any atom is -0.341 e. The summed E-state index contributed by atoms with van der Waals surface area (Å²) in [6, 6.07) is 9.12. The lowest BCUT2D eigenvalue weighted by Crippen LogP contribution is -2.44. The molecule has 7 heteroatoms. The van der Waals surface area contributed by atoms with Crippen molar-refractivity contribution in [3.05, 3.63) is 41.7 Å². The molecule has 3 amide bonds. The number of carbonyl (C=O) groups excluding carboxylic acids is 2. The Morgan fingerprint density at radius 2 is 2.08 bits per heavy atom. The third-order valence-electron chi connectivity index (χ3n) is 4.43. The molecule has 1 atom stereocenters. The fourth-order valence-corrected chi connectivity index (χ4v) is 3.29. The fraction of sp³-hybridized carbons (Fsp3) is 0.421. The third kappa shape index (κ3) is 4.04. The van der Waals surface area contributed by atoms with E-state index < -0.39 is 0 Å². The summed E-state index contributed by atoms with van der Waals surface area (Å²) >= 11 is 0. The van der Waals surface area contributed by atoms with Crippen molar-refractivity contribution < 1.29 is 9.59 Å². The molecular formula is C19H25N5O2. The second-order valence-electron chi connectivity index (χ2n) is 6.80. The predicted octanol–water partition coefficient (Wildman–Crippen LogP) is 2.62. The van der Waals surface area contributed by atoms with Crippen LogP contribution >= 0.6 is 0 Å². The Bertz CT molecular complexity index is 814. The molecule has 1 aliphatic rings. The van der Waals surface area contributed by atoms with Crippen LogP contribution in [-0.4, -0.2) is 45.8 Å². The van der Waals surface area contributed by atoms with E-state index >= 15 is 0 Å². The van der Waals surface area contributed by atoms with Crippen molar-refractivity contribution in [3.8, 4) is 5.69 Å². The first kappa shape index (κ1) is 18.0. The molecule has 26 heavy (non-hydrogen) atoms. The molecule has 7 nitrogen and oxygen atoms in total. The Kier molecular flexibility index (Phi) is 5.25. The van der Waals surface area contributed by atoms with Gasteiger partial charge in [0.1, 0.15) is 0 Å². The molecule has 1 saturated heterocycles. The van der Waals surface area contributed by atoms with Crippen LogP contribution in [0.25, 0.3) is 5.69 Å². The van der Waals surface area contributed by atoms with Gasteiger partial charge < -0.3 is 15.5 Å². The van der Waals surface area contributed by atoms with Gasteiger partial charge in [0.05, 0.1) is 17.1 Å². The summed E-state index contributed by atoms with van der Waals surface area (Å²) in [6.45, 7) is 7.12. The Balaban J connectivity index is 1.66. The quantitative estimate of drug-likeness (QED) is 0.865. The number of para-hydroxylation sites is 2. The molecule has 1 aliphatic heterocycles. The molecule has 2 aromatic rings. The van der Waals surface area contributed by atoms with Crippen LogP contribution < -0.4 is 10.6 Å². The maximum Gasteiger partial charge on any atom is 0.319 e. The maximum atomic E-state index is 12.4. The molecule has 0 unspecified atom stereocenters. The van der Waals surface area contributed by atoms with E-state index in [0.717, 1.165) is 30.0 Å². The first-order chi connectivity index (χ1) is 12.4. The van der Waals surface area contributed by atoms with Crippen LogP contribution in [0.3, 0.4) is 0 Å². The van der Waals surface area contributed by atoms with E-state index in [4.69, 9.17) is 0 Å². The topological polar surface area (TPSA) is 79.3 Å². The average Bonchev–Trinajstić information content (AvgIpc) is 3.13. The van der Waals surface area contributed by atoms with E-state index in [-0.39, 0.29) is 18.0 Å². The van der Waals surface area contributed by atoms with Crippen LogP contribution in [0.2, 0.25) is 0 Å². The zero-order valence-corrected chi connectivity index (χ0v) is 15.5. The first-order valence-corrected chi connectivity index (χ1v) is 8.92. The zero-order chi connectivity index (χ0) is 18.7. The molecule has 0 spiro atoms. The SMILES string of the molecule is Cc1cc(C)n(-c2ccccc2NC(=O)N[C@H](C)CN2CCCC2=O)n1. The van der Waals surface area contributed by atoms with Crippen molar-refractivity contribution in [1.82, 2.24) is 20.0 Å². The minimum atomic E-state index is -0.293. The predicted molar refractivity (Wildman–Crippen MR) is 100 cm³/mol. The molecule has 138 valence electrons. The number of nitrogens with zero attached hydrogens (tertiary/aromatic N) is 3. The van der Waals surface area contributed by atoms with Crippen LogP contribution in [0.15, 0.2) is 30.3 Å². The van der Waals surface area contributed by atoms with Gasteiger partial charge in [-0.2, -0.15) is 5.10 Å². The van der Waals surface area contributed by atoms with Gasteiger partial charge in [0.15, 0.2) is 0 Å². The van der Waals surface area contributed by atoms with Crippen molar-refractivity contribution in [2.24, 2.45) is 0 Å². The highest BCUT2D eigenvalue weighted by molar-refractivity contribution is 5.91. The van der Waals surface area contributed by atoms with Gasteiger partial charge >= 0.3 is 6.03 Å². The van der Waals surface area contributed by atoms with Gasteiger partial charge in [-0.3, -0.25) is 4.79 Å². The van der Waals surface area contributed by atoms with Gasteiger partial charge in [-0.05, 0) is 45.4 Å². The summed E-state index contributed by atoms with van der Waals surface area (Å²) in [6.07, 6.45) is 1.50. The summed E-state index contributed by atoms with van der Waals surface area (Å²) in [7, 11) is 0. The largest absolute Gasteiger partial charge is 0.341 e. The van der Waals surface area contributed by atoms with Gasteiger partial charge in [-0.25, -0.2) is 9.48 Å². The van der Waals surface area contributed by atoms with E-state index in [0.29, 0.717) is 18.7 Å². The zero-order valence-electron chi connectivity index (χ0n) is 15.5. The van der Waals surface area contributed by atoms with Crippen molar-refractivity contribution in [2.75, 3.05) is 18.4 Å². The van der Waals surface area contributed by atoms with E-state index in [9.17, 15) is 9.59 Å². The second kappa shape index (κ2) is 7.59. The van der Waals surface area contributed by atoms with Crippen molar-refractivity contribution in [3.63, 3.8) is 0 Å². The number of urea groups is 1. The number of carbonyl (C=O) groups is 2. The van der Waals surface area contributed by atoms with Crippen LogP contribution in [0, 0.1) is 13.8 Å². The van der Waals surface area contributed by atoms with E-state index in [1.54, 1.807) is 4.90 Å². The Morgan fingerprint density at radius 1 is 1.31 bits per heavy atom. The number of nitrogens with one attached hydrogen (secondary N) is 2. The molecule has 0 saturated carbocycles. The van der Waals surface area contributed by atoms with E-state index in [1.807, 2.05) is 55.8 Å². The van der Waals surface area contributed by atoms with Gasteiger partial charge in [0.25, 0.3) is 0 Å². The molecule has 2 heterocycles. The highest BCUT2D eigenvalue weighted by Crippen LogP contribution is 2.21. The molecule has 1 fully saturated rings. The standard InChI is InChI=1S/C19H25N5O2/c1-13-11-15(3)24(22-13)17-8-5-4-7-16(17)21-19(26)20-14(2)12-23-10-6-9-18(23)25/h4-5,7-8,11,14H,6,9-10,12H2,1-3H3,(H2,20,21,26)/t14-/m1/s1. The van der Waals surface area contributed by atoms with Crippen molar-refractivity contribution in [1.29, 1.82) is 0 Å². The fourth-order valence-electron chi connectivity index (χ4n) is 3.29. The number of anilines is 1. The number of likely N-dealkylation sites (tertiary alicyclic amines) is 1. The van der Waals surface area contributed by atoms with E-state index in [1.165, 1.54) is 0 Å². The molecular weight excluding hydrogens is 330 g/mol. The summed E-state index contributed by atoms with van der Waals surface area (Å²) in [5.74, 6) is 0.161. The summed E-state index contributed by atoms with van der Waals surface area (Å²) < 4.78 is 1.82. The van der Waals surface area contributed by atoms with Crippen molar-refractivity contribution >= 4 is 17.6 Å². The number of amides is 3. The van der Waals surface area contributed by atoms with Gasteiger partial charge in [0.2, 0.25) is 5.91 Å². The summed E-state index contributed by atoms with van der Waals surface area (Å²) in [5.41, 5.74) is 3.42. The minimum absolute atomic E-state index is 0.127. The summed E-state index contributed by atoms with van der Waals surface area (Å²) in [5, 5.41) is 10.3. The summed E-state index contributed by atoms with van der Waals surface area (Å²) in [4.78, 5) is 25.9. The number of hydrogen-bond acceptors (Lipinski definition) is 3. The molecule has 2 N–H and O–H groups in total. The molecule has 3 rings (SSSR count). The molecule has 1 aromatic heterocycles. The first-order valence-electron chi connectivity index (χ1n) is 8.92. The lowest BCUT2D eigenvalue weighted by atomic mass is 10.2. The number of aromatic nitrogens is 2. The molecule has 1 aromatic carbocycles. The average molecular weight is 355 g/mol. The van der Waals surface area contributed by atoms with Crippen LogP contribution in [0.1, 0.15) is 31.2 Å².